The number of alkyl halides is 1. The topological polar surface area (TPSA) is 55.6 Å². The van der Waals surface area contributed by atoms with Gasteiger partial charge in [-0.05, 0) is 55.7 Å². The number of nitrogens with one attached hydrogen (secondary N) is 1. The van der Waals surface area contributed by atoms with Gasteiger partial charge in [0.2, 0.25) is 0 Å². The molecule has 3 aromatic rings. The molecule has 1 aromatic carbocycles. The van der Waals surface area contributed by atoms with E-state index in [4.69, 9.17) is 21.3 Å². The number of esters is 1. The molecule has 0 amide bonds. The molecule has 1 N–H and O–H groups in total. The molecular formula is C23H26ClN3O2. The Kier molecular flexibility index (Phi) is 6.35. The second-order valence-electron chi connectivity index (χ2n) is 7.51. The number of pyridine rings is 1. The molecule has 0 aliphatic heterocycles. The molecule has 2 aromatic heterocycles. The summed E-state index contributed by atoms with van der Waals surface area (Å²) in [6.07, 6.45) is 9.24. The first-order chi connectivity index (χ1) is 14.2. The maximum atomic E-state index is 11.8. The van der Waals surface area contributed by atoms with Gasteiger partial charge in [0.15, 0.2) is 0 Å². The zero-order chi connectivity index (χ0) is 20.1. The lowest BCUT2D eigenvalue weighted by Gasteiger charge is -2.24. The molecule has 0 radical (unpaired) electrons. The number of benzene rings is 1. The van der Waals surface area contributed by atoms with Crippen LogP contribution in [0.3, 0.4) is 0 Å². The van der Waals surface area contributed by atoms with Gasteiger partial charge in [-0.15, -0.1) is 11.6 Å². The van der Waals surface area contributed by atoms with Crippen LogP contribution in [-0.4, -0.2) is 27.3 Å². The number of hydrogen-bond acceptors (Lipinski definition) is 4. The van der Waals surface area contributed by atoms with E-state index in [2.05, 4.69) is 9.72 Å². The standard InChI is InChI=1S/C23H26ClN3O2/c24-15-6-10-21(28)29-19-13-11-17(12-14-19)22-23(25-18-7-2-1-3-8-18)27-16-5-4-9-20(27)26-22/h4-5,9,11-14,16,18,25H,1-3,6-8,10,15H2. The summed E-state index contributed by atoms with van der Waals surface area (Å²) in [6.45, 7) is 0. The third-order valence-corrected chi connectivity index (χ3v) is 5.62. The predicted molar refractivity (Wildman–Crippen MR) is 117 cm³/mol. The number of carbonyl (C=O) groups excluding carboxylic acids is 1. The van der Waals surface area contributed by atoms with Crippen LogP contribution in [0, 0.1) is 0 Å². The average Bonchev–Trinajstić information content (AvgIpc) is 3.12. The fourth-order valence-electron chi connectivity index (χ4n) is 3.85. The van der Waals surface area contributed by atoms with Crippen LogP contribution in [0.5, 0.6) is 5.75 Å². The highest BCUT2D eigenvalue weighted by molar-refractivity contribution is 6.17. The Morgan fingerprint density at radius 3 is 2.69 bits per heavy atom. The number of imidazole rings is 1. The lowest BCUT2D eigenvalue weighted by atomic mass is 9.95. The summed E-state index contributed by atoms with van der Waals surface area (Å²) in [6, 6.07) is 14.1. The van der Waals surface area contributed by atoms with Crippen LogP contribution in [0.25, 0.3) is 16.9 Å². The molecule has 0 atom stereocenters. The fraction of sp³-hybridized carbons (Fsp3) is 0.391. The van der Waals surface area contributed by atoms with Crippen molar-refractivity contribution in [3.63, 3.8) is 0 Å². The van der Waals surface area contributed by atoms with Crippen LogP contribution in [0.2, 0.25) is 0 Å². The zero-order valence-electron chi connectivity index (χ0n) is 16.4. The summed E-state index contributed by atoms with van der Waals surface area (Å²) in [5, 5.41) is 3.74. The molecule has 0 spiro atoms. The van der Waals surface area contributed by atoms with Gasteiger partial charge in [-0.1, -0.05) is 25.3 Å². The highest BCUT2D eigenvalue weighted by Gasteiger charge is 2.19. The van der Waals surface area contributed by atoms with E-state index in [1.807, 2.05) is 48.7 Å². The van der Waals surface area contributed by atoms with Gasteiger partial charge in [0.1, 0.15) is 22.9 Å². The molecular weight excluding hydrogens is 386 g/mol. The number of aromatic nitrogens is 2. The van der Waals surface area contributed by atoms with Gasteiger partial charge in [0.25, 0.3) is 0 Å². The van der Waals surface area contributed by atoms with Crippen molar-refractivity contribution < 1.29 is 9.53 Å². The number of nitrogens with zero attached hydrogens (tertiary/aromatic N) is 2. The van der Waals surface area contributed by atoms with E-state index in [0.717, 1.165) is 22.7 Å². The molecule has 1 aliphatic carbocycles. The lowest BCUT2D eigenvalue weighted by Crippen LogP contribution is -2.23. The second kappa shape index (κ2) is 9.31. The normalized spacial score (nSPS) is 14.8. The minimum absolute atomic E-state index is 0.259. The summed E-state index contributed by atoms with van der Waals surface area (Å²) in [5.41, 5.74) is 2.83. The first kappa shape index (κ1) is 19.8. The van der Waals surface area contributed by atoms with Gasteiger partial charge in [0, 0.05) is 30.1 Å². The molecule has 0 unspecified atom stereocenters. The molecule has 1 saturated carbocycles. The Bertz CT molecular complexity index is 962. The van der Waals surface area contributed by atoms with E-state index in [1.54, 1.807) is 0 Å². The second-order valence-corrected chi connectivity index (χ2v) is 7.89. The van der Waals surface area contributed by atoms with Crippen LogP contribution in [-0.2, 0) is 4.79 Å². The van der Waals surface area contributed by atoms with Crippen molar-refractivity contribution in [1.29, 1.82) is 0 Å². The van der Waals surface area contributed by atoms with Gasteiger partial charge < -0.3 is 10.1 Å². The number of rotatable bonds is 7. The third-order valence-electron chi connectivity index (χ3n) is 5.35. The Morgan fingerprint density at radius 1 is 1.14 bits per heavy atom. The molecule has 29 heavy (non-hydrogen) atoms. The number of ether oxygens (including phenoxy) is 1. The third kappa shape index (κ3) is 4.73. The van der Waals surface area contributed by atoms with Crippen molar-refractivity contribution >= 4 is 29.0 Å². The first-order valence-electron chi connectivity index (χ1n) is 10.4. The van der Waals surface area contributed by atoms with Crippen molar-refractivity contribution in [2.45, 2.75) is 51.0 Å². The Labute approximate surface area is 176 Å². The van der Waals surface area contributed by atoms with E-state index in [1.165, 1.54) is 32.1 Å². The van der Waals surface area contributed by atoms with Gasteiger partial charge in [-0.3, -0.25) is 9.20 Å². The molecule has 1 fully saturated rings. The van der Waals surface area contributed by atoms with Crippen molar-refractivity contribution in [3.05, 3.63) is 48.7 Å². The summed E-state index contributed by atoms with van der Waals surface area (Å²) in [5.74, 6) is 1.77. The highest BCUT2D eigenvalue weighted by atomic mass is 35.5. The largest absolute Gasteiger partial charge is 0.427 e. The molecule has 0 bridgehead atoms. The average molecular weight is 412 g/mol. The maximum absolute atomic E-state index is 11.8. The highest BCUT2D eigenvalue weighted by Crippen LogP contribution is 2.32. The van der Waals surface area contributed by atoms with Gasteiger partial charge in [-0.25, -0.2) is 4.98 Å². The lowest BCUT2D eigenvalue weighted by molar-refractivity contribution is -0.134. The number of carbonyl (C=O) groups is 1. The fourth-order valence-corrected chi connectivity index (χ4v) is 3.98. The maximum Gasteiger partial charge on any atom is 0.311 e. The summed E-state index contributed by atoms with van der Waals surface area (Å²) in [7, 11) is 0. The summed E-state index contributed by atoms with van der Waals surface area (Å²) < 4.78 is 7.49. The van der Waals surface area contributed by atoms with Crippen molar-refractivity contribution in [2.75, 3.05) is 11.2 Å². The molecule has 0 saturated heterocycles. The minimum Gasteiger partial charge on any atom is -0.427 e. The van der Waals surface area contributed by atoms with Crippen LogP contribution < -0.4 is 10.1 Å². The van der Waals surface area contributed by atoms with Crippen molar-refractivity contribution in [1.82, 2.24) is 9.38 Å². The van der Waals surface area contributed by atoms with E-state index in [-0.39, 0.29) is 5.97 Å². The first-order valence-corrected chi connectivity index (χ1v) is 10.9. The zero-order valence-corrected chi connectivity index (χ0v) is 17.2. The van der Waals surface area contributed by atoms with Crippen molar-refractivity contribution in [2.24, 2.45) is 0 Å². The van der Waals surface area contributed by atoms with E-state index in [0.29, 0.717) is 30.5 Å². The van der Waals surface area contributed by atoms with E-state index >= 15 is 0 Å². The number of halogens is 1. The Morgan fingerprint density at radius 2 is 1.93 bits per heavy atom. The molecule has 1 aliphatic rings. The molecule has 5 nitrogen and oxygen atoms in total. The smallest absolute Gasteiger partial charge is 0.311 e. The Balaban J connectivity index is 1.59. The van der Waals surface area contributed by atoms with Gasteiger partial charge in [0.05, 0.1) is 0 Å². The van der Waals surface area contributed by atoms with Crippen LogP contribution in [0.4, 0.5) is 5.82 Å². The SMILES string of the molecule is O=C(CCCCl)Oc1ccc(-c2nc3ccccn3c2NC2CCCCC2)cc1. The van der Waals surface area contributed by atoms with Crippen LogP contribution >= 0.6 is 11.6 Å². The summed E-state index contributed by atoms with van der Waals surface area (Å²) in [4.78, 5) is 16.7. The van der Waals surface area contributed by atoms with Gasteiger partial charge >= 0.3 is 5.97 Å². The van der Waals surface area contributed by atoms with E-state index < -0.39 is 0 Å². The number of fused-ring (bicyclic) bond motifs is 1. The van der Waals surface area contributed by atoms with Crippen LogP contribution in [0.1, 0.15) is 44.9 Å². The molecule has 6 heteroatoms. The molecule has 4 rings (SSSR count). The molecule has 152 valence electrons. The van der Waals surface area contributed by atoms with Crippen molar-refractivity contribution in [3.8, 4) is 17.0 Å². The minimum atomic E-state index is -0.259. The predicted octanol–water partition coefficient (Wildman–Crippen LogP) is 5.67. The summed E-state index contributed by atoms with van der Waals surface area (Å²) >= 11 is 5.63. The number of anilines is 1. The quantitative estimate of drug-likeness (QED) is 0.309. The Hall–Kier alpha value is -2.53. The van der Waals surface area contributed by atoms with Crippen LogP contribution in [0.15, 0.2) is 48.7 Å². The number of hydrogen-bond donors (Lipinski definition) is 1. The molecule has 2 heterocycles. The monoisotopic (exact) mass is 411 g/mol. The van der Waals surface area contributed by atoms with E-state index in [9.17, 15) is 4.79 Å². The van der Waals surface area contributed by atoms with Gasteiger partial charge in [-0.2, -0.15) is 0 Å².